The van der Waals surface area contributed by atoms with E-state index in [-0.39, 0.29) is 5.84 Å². The lowest BCUT2D eigenvalue weighted by molar-refractivity contribution is 0.492. The molecule has 0 aromatic heterocycles. The zero-order valence-electron chi connectivity index (χ0n) is 10.9. The third-order valence-corrected chi connectivity index (χ3v) is 3.94. The van der Waals surface area contributed by atoms with Gasteiger partial charge in [0, 0.05) is 18.2 Å². The van der Waals surface area contributed by atoms with Crippen LogP contribution in [0.3, 0.4) is 0 Å². The summed E-state index contributed by atoms with van der Waals surface area (Å²) in [5.74, 6) is 0.682. The molecule has 0 saturated carbocycles. The van der Waals surface area contributed by atoms with Gasteiger partial charge in [-0.3, -0.25) is 5.41 Å². The molecule has 1 fully saturated rings. The van der Waals surface area contributed by atoms with Crippen LogP contribution in [0.15, 0.2) is 18.2 Å². The number of nitrogens with zero attached hydrogens (tertiary/aromatic N) is 1. The topological polar surface area (TPSA) is 53.1 Å². The second kappa shape index (κ2) is 5.19. The van der Waals surface area contributed by atoms with E-state index < -0.39 is 0 Å². The summed E-state index contributed by atoms with van der Waals surface area (Å²) < 4.78 is 0. The van der Waals surface area contributed by atoms with Crippen LogP contribution in [0.5, 0.6) is 0 Å². The smallest absolute Gasteiger partial charge is 0.122 e. The maximum atomic E-state index is 7.43. The van der Waals surface area contributed by atoms with Gasteiger partial charge in [0.25, 0.3) is 0 Å². The number of hydrogen-bond donors (Lipinski definition) is 2. The van der Waals surface area contributed by atoms with Crippen molar-refractivity contribution < 1.29 is 0 Å². The third-order valence-electron chi connectivity index (χ3n) is 3.64. The van der Waals surface area contributed by atoms with Gasteiger partial charge in [-0.1, -0.05) is 25.4 Å². The van der Waals surface area contributed by atoms with Gasteiger partial charge in [0.2, 0.25) is 0 Å². The Morgan fingerprint density at radius 1 is 1.50 bits per heavy atom. The predicted molar refractivity (Wildman–Crippen MR) is 77.7 cm³/mol. The third kappa shape index (κ3) is 2.46. The maximum Gasteiger partial charge on any atom is 0.122 e. The van der Waals surface area contributed by atoms with Crippen molar-refractivity contribution in [2.24, 2.45) is 11.7 Å². The first-order valence-corrected chi connectivity index (χ1v) is 6.79. The molecule has 1 atom stereocenters. The summed E-state index contributed by atoms with van der Waals surface area (Å²) in [5.41, 5.74) is 7.22. The molecule has 1 unspecified atom stereocenters. The van der Waals surface area contributed by atoms with Crippen molar-refractivity contribution in [3.05, 3.63) is 28.8 Å². The molecule has 1 heterocycles. The lowest BCUT2D eigenvalue weighted by atomic mass is 10.0. The number of amidine groups is 1. The van der Waals surface area contributed by atoms with E-state index in [0.29, 0.717) is 22.5 Å². The fraction of sp³-hybridized carbons (Fsp3) is 0.500. The second-order valence-electron chi connectivity index (χ2n) is 5.23. The van der Waals surface area contributed by atoms with Crippen LogP contribution in [0.25, 0.3) is 0 Å². The first kappa shape index (κ1) is 13.2. The minimum Gasteiger partial charge on any atom is -0.384 e. The van der Waals surface area contributed by atoms with Crippen LogP contribution in [0.1, 0.15) is 32.3 Å². The number of nitrogens with two attached hydrogens (primary N) is 1. The van der Waals surface area contributed by atoms with Gasteiger partial charge in [-0.15, -0.1) is 0 Å². The summed E-state index contributed by atoms with van der Waals surface area (Å²) in [6.07, 6.45) is 2.44. The molecule has 0 amide bonds. The molecule has 1 saturated heterocycles. The van der Waals surface area contributed by atoms with Crippen LogP contribution < -0.4 is 10.6 Å². The number of nitrogens with one attached hydrogen (secondary N) is 1. The van der Waals surface area contributed by atoms with Gasteiger partial charge in [-0.05, 0) is 37.0 Å². The Labute approximate surface area is 113 Å². The van der Waals surface area contributed by atoms with E-state index in [9.17, 15) is 0 Å². The van der Waals surface area contributed by atoms with Crippen LogP contribution >= 0.6 is 11.6 Å². The molecular formula is C14H20ClN3. The molecule has 0 aliphatic carbocycles. The van der Waals surface area contributed by atoms with Gasteiger partial charge in [0.15, 0.2) is 0 Å². The van der Waals surface area contributed by atoms with Crippen LogP contribution in [-0.4, -0.2) is 18.4 Å². The van der Waals surface area contributed by atoms with E-state index in [4.69, 9.17) is 22.7 Å². The largest absolute Gasteiger partial charge is 0.384 e. The lowest BCUT2D eigenvalue weighted by Crippen LogP contribution is -2.33. The van der Waals surface area contributed by atoms with Gasteiger partial charge in [-0.25, -0.2) is 0 Å². The van der Waals surface area contributed by atoms with Crippen LogP contribution in [0.2, 0.25) is 5.02 Å². The fourth-order valence-corrected chi connectivity index (χ4v) is 2.98. The highest BCUT2D eigenvalue weighted by molar-refractivity contribution is 6.33. The van der Waals surface area contributed by atoms with Crippen molar-refractivity contribution in [2.75, 3.05) is 11.4 Å². The second-order valence-corrected chi connectivity index (χ2v) is 5.63. The zero-order chi connectivity index (χ0) is 13.3. The lowest BCUT2D eigenvalue weighted by Gasteiger charge is -2.30. The van der Waals surface area contributed by atoms with E-state index in [1.807, 2.05) is 12.1 Å². The molecule has 3 nitrogen and oxygen atoms in total. The number of anilines is 1. The van der Waals surface area contributed by atoms with Gasteiger partial charge in [0.05, 0.1) is 10.7 Å². The quantitative estimate of drug-likeness (QED) is 0.651. The standard InChI is InChI=1S/C14H20ClN3/c1-9(2)12-4-3-7-18(12)13-6-5-10(14(16)17)8-11(13)15/h5-6,8-9,12H,3-4,7H2,1-2H3,(H3,16,17). The highest BCUT2D eigenvalue weighted by atomic mass is 35.5. The van der Waals surface area contributed by atoms with Gasteiger partial charge in [0.1, 0.15) is 5.84 Å². The molecule has 2 rings (SSSR count). The van der Waals surface area contributed by atoms with Crippen molar-refractivity contribution in [2.45, 2.75) is 32.7 Å². The summed E-state index contributed by atoms with van der Waals surface area (Å²) in [6.45, 7) is 5.56. The molecule has 0 spiro atoms. The maximum absolute atomic E-state index is 7.43. The van der Waals surface area contributed by atoms with Gasteiger partial charge in [-0.2, -0.15) is 0 Å². The first-order chi connectivity index (χ1) is 8.50. The van der Waals surface area contributed by atoms with Gasteiger partial charge < -0.3 is 10.6 Å². The number of nitrogen functional groups attached to an aromatic ring is 1. The van der Waals surface area contributed by atoms with Crippen molar-refractivity contribution in [3.63, 3.8) is 0 Å². The number of benzene rings is 1. The van der Waals surface area contributed by atoms with Crippen molar-refractivity contribution >= 4 is 23.1 Å². The van der Waals surface area contributed by atoms with Crippen LogP contribution in [-0.2, 0) is 0 Å². The first-order valence-electron chi connectivity index (χ1n) is 6.41. The highest BCUT2D eigenvalue weighted by Gasteiger charge is 2.28. The summed E-state index contributed by atoms with van der Waals surface area (Å²) in [4.78, 5) is 2.39. The van der Waals surface area contributed by atoms with Crippen LogP contribution in [0.4, 0.5) is 5.69 Å². The Hall–Kier alpha value is -1.22. The molecule has 0 radical (unpaired) electrons. The summed E-state index contributed by atoms with van der Waals surface area (Å²) in [7, 11) is 0. The Morgan fingerprint density at radius 2 is 2.22 bits per heavy atom. The van der Waals surface area contributed by atoms with E-state index in [2.05, 4.69) is 18.7 Å². The van der Waals surface area contributed by atoms with Gasteiger partial charge >= 0.3 is 0 Å². The molecule has 1 aliphatic heterocycles. The molecule has 3 N–H and O–H groups in total. The van der Waals surface area contributed by atoms with Crippen molar-refractivity contribution in [3.8, 4) is 0 Å². The summed E-state index contributed by atoms with van der Waals surface area (Å²) in [5, 5.41) is 8.12. The van der Waals surface area contributed by atoms with E-state index in [1.165, 1.54) is 12.8 Å². The molecule has 1 aromatic carbocycles. The van der Waals surface area contributed by atoms with Crippen LogP contribution in [0, 0.1) is 11.3 Å². The average molecular weight is 266 g/mol. The van der Waals surface area contributed by atoms with E-state index in [0.717, 1.165) is 12.2 Å². The zero-order valence-corrected chi connectivity index (χ0v) is 11.7. The molecule has 1 aliphatic rings. The Balaban J connectivity index is 2.31. The monoisotopic (exact) mass is 265 g/mol. The van der Waals surface area contributed by atoms with Crippen molar-refractivity contribution in [1.82, 2.24) is 0 Å². The number of halogens is 1. The fourth-order valence-electron chi connectivity index (χ4n) is 2.69. The normalized spacial score (nSPS) is 19.6. The molecule has 4 heteroatoms. The number of rotatable bonds is 3. The average Bonchev–Trinajstić information content (AvgIpc) is 2.77. The Morgan fingerprint density at radius 3 is 2.78 bits per heavy atom. The SMILES string of the molecule is CC(C)C1CCCN1c1ccc(C(=N)N)cc1Cl. The molecule has 98 valence electrons. The molecule has 0 bridgehead atoms. The number of hydrogen-bond acceptors (Lipinski definition) is 2. The Kier molecular flexibility index (Phi) is 3.81. The Bertz CT molecular complexity index is 456. The minimum absolute atomic E-state index is 0.0604. The van der Waals surface area contributed by atoms with Crippen molar-refractivity contribution in [1.29, 1.82) is 5.41 Å². The summed E-state index contributed by atoms with van der Waals surface area (Å²) in [6, 6.07) is 6.21. The molecule has 18 heavy (non-hydrogen) atoms. The molecular weight excluding hydrogens is 246 g/mol. The van der Waals surface area contributed by atoms with E-state index >= 15 is 0 Å². The van der Waals surface area contributed by atoms with E-state index in [1.54, 1.807) is 6.07 Å². The summed E-state index contributed by atoms with van der Waals surface area (Å²) >= 11 is 6.33. The molecule has 1 aromatic rings. The highest BCUT2D eigenvalue weighted by Crippen LogP contribution is 2.34. The minimum atomic E-state index is 0.0604. The predicted octanol–water partition coefficient (Wildman–Crippen LogP) is 3.25.